The second-order valence-electron chi connectivity index (χ2n) is 6.03. The SMILES string of the molecule is C=C(CO)[C@H]1CC[C@@]2(C)CC(=O)C=C(C)[C@@H]2C1. The number of hydrogen-bond acceptors (Lipinski definition) is 2. The molecule has 0 radical (unpaired) electrons. The molecule has 1 N–H and O–H groups in total. The van der Waals surface area contributed by atoms with Gasteiger partial charge in [-0.15, -0.1) is 0 Å². The lowest BCUT2D eigenvalue weighted by Gasteiger charge is -2.47. The molecule has 0 aromatic heterocycles. The second-order valence-corrected chi connectivity index (χ2v) is 6.03. The molecule has 0 unspecified atom stereocenters. The number of carbonyl (C=O) groups is 1. The summed E-state index contributed by atoms with van der Waals surface area (Å²) >= 11 is 0. The molecule has 94 valence electrons. The first kappa shape index (κ1) is 12.6. The number of aliphatic hydroxyl groups is 1. The lowest BCUT2D eigenvalue weighted by molar-refractivity contribution is -0.119. The van der Waals surface area contributed by atoms with Crippen LogP contribution in [0.15, 0.2) is 23.8 Å². The smallest absolute Gasteiger partial charge is 0.156 e. The summed E-state index contributed by atoms with van der Waals surface area (Å²) in [5.41, 5.74) is 2.32. The Morgan fingerprint density at radius 1 is 1.65 bits per heavy atom. The van der Waals surface area contributed by atoms with Gasteiger partial charge in [-0.3, -0.25) is 4.79 Å². The van der Waals surface area contributed by atoms with Crippen molar-refractivity contribution in [1.82, 2.24) is 0 Å². The molecule has 1 fully saturated rings. The summed E-state index contributed by atoms with van der Waals surface area (Å²) in [5.74, 6) is 1.19. The zero-order valence-electron chi connectivity index (χ0n) is 10.8. The summed E-state index contributed by atoms with van der Waals surface area (Å²) in [6.07, 6.45) is 5.68. The van der Waals surface area contributed by atoms with Gasteiger partial charge in [0.1, 0.15) is 0 Å². The average molecular weight is 234 g/mol. The number of fused-ring (bicyclic) bond motifs is 1. The van der Waals surface area contributed by atoms with Crippen LogP contribution in [0, 0.1) is 17.3 Å². The number of hydrogen-bond donors (Lipinski definition) is 1. The van der Waals surface area contributed by atoms with Crippen molar-refractivity contribution in [1.29, 1.82) is 0 Å². The van der Waals surface area contributed by atoms with Gasteiger partial charge < -0.3 is 5.11 Å². The van der Waals surface area contributed by atoms with Crippen molar-refractivity contribution in [3.8, 4) is 0 Å². The minimum absolute atomic E-state index is 0.0930. The zero-order valence-corrected chi connectivity index (χ0v) is 10.8. The molecule has 0 aromatic carbocycles. The van der Waals surface area contributed by atoms with Gasteiger partial charge in [-0.05, 0) is 55.1 Å². The lowest BCUT2D eigenvalue weighted by atomic mass is 9.57. The molecule has 1 saturated carbocycles. The third-order valence-corrected chi connectivity index (χ3v) is 4.72. The van der Waals surface area contributed by atoms with E-state index in [4.69, 9.17) is 0 Å². The van der Waals surface area contributed by atoms with Crippen LogP contribution in [-0.2, 0) is 4.79 Å². The molecule has 2 heteroatoms. The largest absolute Gasteiger partial charge is 0.392 e. The standard InChI is InChI=1S/C15H22O2/c1-10-6-13(17)8-15(3)5-4-12(7-14(10)15)11(2)9-16/h6,12,14,16H,2,4-5,7-9H2,1,3H3/t12-,14-,15-/m0/s1. The van der Waals surface area contributed by atoms with Crippen molar-refractivity contribution in [3.05, 3.63) is 23.8 Å². The summed E-state index contributed by atoms with van der Waals surface area (Å²) in [5, 5.41) is 9.19. The Morgan fingerprint density at radius 3 is 3.00 bits per heavy atom. The minimum atomic E-state index is 0.0930. The van der Waals surface area contributed by atoms with Crippen molar-refractivity contribution in [2.75, 3.05) is 6.61 Å². The number of ketones is 1. The molecule has 0 aliphatic heterocycles. The fraction of sp³-hybridized carbons (Fsp3) is 0.667. The van der Waals surface area contributed by atoms with Crippen LogP contribution in [0.5, 0.6) is 0 Å². The van der Waals surface area contributed by atoms with Gasteiger partial charge in [-0.25, -0.2) is 0 Å². The summed E-state index contributed by atoms with van der Waals surface area (Å²) in [6, 6.07) is 0. The molecule has 2 aliphatic rings. The Balaban J connectivity index is 2.21. The van der Waals surface area contributed by atoms with Gasteiger partial charge in [0.2, 0.25) is 0 Å². The van der Waals surface area contributed by atoms with Crippen LogP contribution >= 0.6 is 0 Å². The Labute approximate surface area is 103 Å². The Kier molecular flexibility index (Phi) is 3.26. The third kappa shape index (κ3) is 2.23. The molecule has 0 amide bonds. The van der Waals surface area contributed by atoms with E-state index in [1.807, 2.05) is 6.08 Å². The van der Waals surface area contributed by atoms with Gasteiger partial charge >= 0.3 is 0 Å². The highest BCUT2D eigenvalue weighted by Gasteiger charge is 2.44. The van der Waals surface area contributed by atoms with E-state index in [0.29, 0.717) is 18.3 Å². The van der Waals surface area contributed by atoms with Crippen molar-refractivity contribution in [3.63, 3.8) is 0 Å². The highest BCUT2D eigenvalue weighted by molar-refractivity contribution is 5.92. The molecule has 2 aliphatic carbocycles. The molecule has 0 bridgehead atoms. The summed E-state index contributed by atoms with van der Waals surface area (Å²) in [7, 11) is 0. The van der Waals surface area contributed by atoms with E-state index in [0.717, 1.165) is 24.8 Å². The van der Waals surface area contributed by atoms with E-state index >= 15 is 0 Å². The van der Waals surface area contributed by atoms with Crippen LogP contribution in [0.1, 0.15) is 39.5 Å². The maximum Gasteiger partial charge on any atom is 0.156 e. The Morgan fingerprint density at radius 2 is 2.35 bits per heavy atom. The zero-order chi connectivity index (χ0) is 12.6. The van der Waals surface area contributed by atoms with Gasteiger partial charge in [0.15, 0.2) is 5.78 Å². The normalized spacial score (nSPS) is 37.4. The van der Waals surface area contributed by atoms with E-state index in [1.165, 1.54) is 5.57 Å². The maximum atomic E-state index is 11.7. The highest BCUT2D eigenvalue weighted by Crippen LogP contribution is 2.52. The predicted octanol–water partition coefficient (Wildman–Crippen LogP) is 2.88. The van der Waals surface area contributed by atoms with Crippen LogP contribution in [0.25, 0.3) is 0 Å². The minimum Gasteiger partial charge on any atom is -0.392 e. The Bertz CT molecular complexity index is 380. The van der Waals surface area contributed by atoms with Gasteiger partial charge in [0.05, 0.1) is 6.61 Å². The topological polar surface area (TPSA) is 37.3 Å². The Hall–Kier alpha value is -0.890. The molecule has 2 rings (SSSR count). The van der Waals surface area contributed by atoms with Gasteiger partial charge in [-0.2, -0.15) is 0 Å². The van der Waals surface area contributed by atoms with E-state index in [-0.39, 0.29) is 17.8 Å². The maximum absolute atomic E-state index is 11.7. The van der Waals surface area contributed by atoms with Crippen molar-refractivity contribution in [2.45, 2.75) is 39.5 Å². The second kappa shape index (κ2) is 4.41. The first-order valence-electron chi connectivity index (χ1n) is 6.46. The first-order chi connectivity index (χ1) is 7.96. The molecular formula is C15H22O2. The first-order valence-corrected chi connectivity index (χ1v) is 6.46. The number of allylic oxidation sites excluding steroid dienone is 2. The number of aliphatic hydroxyl groups excluding tert-OH is 1. The van der Waals surface area contributed by atoms with Crippen molar-refractivity contribution < 1.29 is 9.90 Å². The molecule has 3 atom stereocenters. The van der Waals surface area contributed by atoms with E-state index < -0.39 is 0 Å². The van der Waals surface area contributed by atoms with Crippen molar-refractivity contribution >= 4 is 5.78 Å². The van der Waals surface area contributed by atoms with Crippen LogP contribution in [-0.4, -0.2) is 17.5 Å². The molecule has 0 heterocycles. The number of rotatable bonds is 2. The third-order valence-electron chi connectivity index (χ3n) is 4.72. The van der Waals surface area contributed by atoms with Crippen LogP contribution in [0.2, 0.25) is 0 Å². The van der Waals surface area contributed by atoms with E-state index in [2.05, 4.69) is 20.4 Å². The summed E-state index contributed by atoms with van der Waals surface area (Å²) < 4.78 is 0. The molecular weight excluding hydrogens is 212 g/mol. The highest BCUT2D eigenvalue weighted by atomic mass is 16.3. The fourth-order valence-electron chi connectivity index (χ4n) is 3.62. The monoisotopic (exact) mass is 234 g/mol. The van der Waals surface area contributed by atoms with Gasteiger partial charge in [-0.1, -0.05) is 19.1 Å². The van der Waals surface area contributed by atoms with Crippen LogP contribution in [0.3, 0.4) is 0 Å². The molecule has 2 nitrogen and oxygen atoms in total. The summed E-state index contributed by atoms with van der Waals surface area (Å²) in [4.78, 5) is 11.7. The fourth-order valence-corrected chi connectivity index (χ4v) is 3.62. The lowest BCUT2D eigenvalue weighted by Crippen LogP contribution is -2.39. The summed E-state index contributed by atoms with van der Waals surface area (Å²) in [6.45, 7) is 8.37. The molecule has 17 heavy (non-hydrogen) atoms. The van der Waals surface area contributed by atoms with E-state index in [1.54, 1.807) is 0 Å². The van der Waals surface area contributed by atoms with Crippen LogP contribution in [0.4, 0.5) is 0 Å². The van der Waals surface area contributed by atoms with Gasteiger partial charge in [0, 0.05) is 6.42 Å². The van der Waals surface area contributed by atoms with Crippen LogP contribution < -0.4 is 0 Å². The number of carbonyl (C=O) groups excluding carboxylic acids is 1. The quantitative estimate of drug-likeness (QED) is 0.746. The van der Waals surface area contributed by atoms with E-state index in [9.17, 15) is 9.90 Å². The van der Waals surface area contributed by atoms with Crippen molar-refractivity contribution in [2.24, 2.45) is 17.3 Å². The average Bonchev–Trinajstić information content (AvgIpc) is 2.26. The van der Waals surface area contributed by atoms with Gasteiger partial charge in [0.25, 0.3) is 0 Å². The molecule has 0 spiro atoms. The molecule has 0 aromatic rings. The predicted molar refractivity (Wildman–Crippen MR) is 68.5 cm³/mol. The molecule has 0 saturated heterocycles.